The van der Waals surface area contributed by atoms with Crippen LogP contribution in [0, 0.1) is 12.8 Å². The van der Waals surface area contributed by atoms with Crippen LogP contribution < -0.4 is 5.32 Å². The molecule has 4 heterocycles. The summed E-state index contributed by atoms with van der Waals surface area (Å²) < 4.78 is 5.54. The van der Waals surface area contributed by atoms with Crippen molar-refractivity contribution in [2.45, 2.75) is 62.6 Å². The summed E-state index contributed by atoms with van der Waals surface area (Å²) in [6.07, 6.45) is 6.10. The quantitative estimate of drug-likeness (QED) is 0.631. The molecule has 2 aromatic heterocycles. The van der Waals surface area contributed by atoms with Crippen molar-refractivity contribution in [3.05, 3.63) is 34.8 Å². The molecule has 0 bridgehead atoms. The highest BCUT2D eigenvalue weighted by atomic mass is 35.5. The van der Waals surface area contributed by atoms with E-state index in [1.807, 2.05) is 19.1 Å². The molecule has 4 atom stereocenters. The van der Waals surface area contributed by atoms with E-state index in [1.54, 1.807) is 17.2 Å². The fraction of sp³-hybridized carbons (Fsp3) is 0.542. The lowest BCUT2D eigenvalue weighted by molar-refractivity contribution is -0.139. The average molecular weight is 503 g/mol. The number of nitrogens with one attached hydrogen (secondary N) is 1. The van der Waals surface area contributed by atoms with Crippen LogP contribution in [0.1, 0.15) is 47.3 Å². The van der Waals surface area contributed by atoms with Gasteiger partial charge in [-0.15, -0.1) is 28.0 Å². The summed E-state index contributed by atoms with van der Waals surface area (Å²) in [5, 5.41) is 10.7. The topological polar surface area (TPSA) is 101 Å². The normalized spacial score (nSPS) is 25.9. The molecule has 8 nitrogen and oxygen atoms in total. The number of likely N-dealkylation sites (tertiary alicyclic amines) is 1. The van der Waals surface area contributed by atoms with Crippen molar-refractivity contribution in [1.82, 2.24) is 20.4 Å². The number of aryl methyl sites for hydroxylation is 1. The van der Waals surface area contributed by atoms with Crippen LogP contribution in [0.3, 0.4) is 0 Å². The van der Waals surface area contributed by atoms with Crippen molar-refractivity contribution in [2.75, 3.05) is 13.2 Å². The Balaban J connectivity index is 1.37. The molecule has 2 saturated heterocycles. The van der Waals surface area contributed by atoms with Gasteiger partial charge < -0.3 is 15.0 Å². The molecule has 0 unspecified atom stereocenters. The number of carbonyl (C=O) groups is 3. The van der Waals surface area contributed by atoms with Gasteiger partial charge in [-0.2, -0.15) is 5.10 Å². The first kappa shape index (κ1) is 23.4. The fourth-order valence-electron chi connectivity index (χ4n) is 5.25. The number of halogens is 1. The first-order chi connectivity index (χ1) is 16.4. The maximum absolute atomic E-state index is 13.7. The van der Waals surface area contributed by atoms with Crippen LogP contribution in [-0.4, -0.2) is 69.4 Å². The van der Waals surface area contributed by atoms with Crippen molar-refractivity contribution in [3.63, 3.8) is 0 Å². The van der Waals surface area contributed by atoms with Gasteiger partial charge in [0.25, 0.3) is 5.91 Å². The van der Waals surface area contributed by atoms with Gasteiger partial charge in [0.1, 0.15) is 30.5 Å². The van der Waals surface area contributed by atoms with Crippen molar-refractivity contribution in [2.24, 2.45) is 5.92 Å². The smallest absolute Gasteiger partial charge is 0.262 e. The maximum Gasteiger partial charge on any atom is 0.262 e. The largest absolute Gasteiger partial charge is 0.366 e. The third kappa shape index (κ3) is 4.48. The van der Waals surface area contributed by atoms with E-state index in [1.165, 1.54) is 11.3 Å². The number of ketones is 1. The first-order valence-corrected chi connectivity index (χ1v) is 13.0. The van der Waals surface area contributed by atoms with Gasteiger partial charge in [0.15, 0.2) is 5.78 Å². The molecular formula is C24H27ClN4O4S. The van der Waals surface area contributed by atoms with Crippen LogP contribution in [0.25, 0.3) is 10.6 Å². The van der Waals surface area contributed by atoms with Gasteiger partial charge in [-0.05, 0) is 49.4 Å². The summed E-state index contributed by atoms with van der Waals surface area (Å²) in [6, 6.07) is 4.15. The molecule has 2 aliphatic heterocycles. The lowest BCUT2D eigenvalue weighted by Gasteiger charge is -2.34. The van der Waals surface area contributed by atoms with Gasteiger partial charge in [-0.25, -0.2) is 0 Å². The molecule has 2 aromatic rings. The summed E-state index contributed by atoms with van der Waals surface area (Å²) in [5.74, 6) is -0.638. The Kier molecular flexibility index (Phi) is 6.68. The molecule has 0 radical (unpaired) electrons. The third-order valence-corrected chi connectivity index (χ3v) is 8.45. The van der Waals surface area contributed by atoms with Crippen LogP contribution in [0.4, 0.5) is 0 Å². The number of ether oxygens (including phenoxy) is 1. The van der Waals surface area contributed by atoms with Crippen molar-refractivity contribution in [1.29, 1.82) is 0 Å². The Morgan fingerprint density at radius 2 is 2.06 bits per heavy atom. The summed E-state index contributed by atoms with van der Waals surface area (Å²) >= 11 is 7.73. The number of hydrogen-bond acceptors (Lipinski definition) is 7. The van der Waals surface area contributed by atoms with Gasteiger partial charge in [-0.1, -0.05) is 19.3 Å². The molecule has 2 amide bonds. The minimum Gasteiger partial charge on any atom is -0.366 e. The number of hydrogen-bond donors (Lipinski definition) is 1. The molecule has 0 spiro atoms. The molecule has 10 heteroatoms. The lowest BCUT2D eigenvalue weighted by Crippen LogP contribution is -2.55. The van der Waals surface area contributed by atoms with Crippen LogP contribution in [-0.2, 0) is 14.3 Å². The predicted molar refractivity (Wildman–Crippen MR) is 128 cm³/mol. The minimum atomic E-state index is -0.701. The SMILES string of the molecule is Cc1cnnc(-c2ccc(C(=O)N[C@H](C(=O)N3C[C@H](Cl)[C@H]4OCC(=O)[C@H]43)C3CCCCC3)s2)c1. The van der Waals surface area contributed by atoms with E-state index in [0.717, 1.165) is 42.5 Å². The summed E-state index contributed by atoms with van der Waals surface area (Å²) in [7, 11) is 0. The van der Waals surface area contributed by atoms with Crippen LogP contribution >= 0.6 is 22.9 Å². The van der Waals surface area contributed by atoms with E-state index in [2.05, 4.69) is 15.5 Å². The van der Waals surface area contributed by atoms with Crippen LogP contribution in [0.2, 0.25) is 0 Å². The van der Waals surface area contributed by atoms with E-state index in [0.29, 0.717) is 10.6 Å². The molecule has 3 aliphatic rings. The van der Waals surface area contributed by atoms with Crippen molar-refractivity contribution in [3.8, 4) is 10.6 Å². The molecule has 180 valence electrons. The lowest BCUT2D eigenvalue weighted by atomic mass is 9.83. The van der Waals surface area contributed by atoms with E-state index in [4.69, 9.17) is 16.3 Å². The van der Waals surface area contributed by atoms with E-state index in [-0.39, 0.29) is 36.7 Å². The zero-order chi connectivity index (χ0) is 23.8. The standard InChI is InChI=1S/C24H27ClN4O4S/c1-13-9-16(28-26-10-13)18-7-8-19(34-18)23(31)27-20(14-5-3-2-4-6-14)24(32)29-11-15(25)22-21(29)17(30)12-33-22/h7-10,14-15,20-22H,2-6,11-12H2,1H3,(H,27,31)/t15-,20-,21+,22+/m0/s1. The molecule has 3 fully saturated rings. The Hall–Kier alpha value is -2.36. The second-order valence-electron chi connectivity index (χ2n) is 9.32. The molecule has 1 aliphatic carbocycles. The number of amides is 2. The molecular weight excluding hydrogens is 476 g/mol. The van der Waals surface area contributed by atoms with E-state index >= 15 is 0 Å². The number of fused-ring (bicyclic) bond motifs is 1. The van der Waals surface area contributed by atoms with Crippen LogP contribution in [0.15, 0.2) is 24.4 Å². The first-order valence-electron chi connectivity index (χ1n) is 11.7. The molecule has 1 N–H and O–H groups in total. The number of Topliss-reactive ketones (excluding diaryl/α,β-unsaturated/α-hetero) is 1. The fourth-order valence-corrected chi connectivity index (χ4v) is 6.47. The van der Waals surface area contributed by atoms with Gasteiger partial charge in [-0.3, -0.25) is 14.4 Å². The third-order valence-electron chi connectivity index (χ3n) is 6.95. The van der Waals surface area contributed by atoms with Crippen molar-refractivity contribution >= 4 is 40.5 Å². The highest BCUT2D eigenvalue weighted by Crippen LogP contribution is 2.34. The molecule has 5 rings (SSSR count). The van der Waals surface area contributed by atoms with Gasteiger partial charge >= 0.3 is 0 Å². The minimum absolute atomic E-state index is 0.0252. The second-order valence-corrected chi connectivity index (χ2v) is 11.0. The summed E-state index contributed by atoms with van der Waals surface area (Å²) in [5.41, 5.74) is 1.69. The Morgan fingerprint density at radius 1 is 1.26 bits per heavy atom. The Morgan fingerprint density at radius 3 is 2.82 bits per heavy atom. The maximum atomic E-state index is 13.7. The number of thiophene rings is 1. The highest BCUT2D eigenvalue weighted by molar-refractivity contribution is 7.17. The number of rotatable bonds is 5. The number of carbonyl (C=O) groups excluding carboxylic acids is 3. The second kappa shape index (κ2) is 9.71. The molecule has 0 aromatic carbocycles. The number of alkyl halides is 1. The summed E-state index contributed by atoms with van der Waals surface area (Å²) in [4.78, 5) is 42.3. The average Bonchev–Trinajstić information content (AvgIpc) is 3.56. The van der Waals surface area contributed by atoms with Crippen LogP contribution in [0.5, 0.6) is 0 Å². The Bertz CT molecular complexity index is 1100. The van der Waals surface area contributed by atoms with Crippen molar-refractivity contribution < 1.29 is 19.1 Å². The van der Waals surface area contributed by atoms with Gasteiger partial charge in [0, 0.05) is 6.54 Å². The monoisotopic (exact) mass is 502 g/mol. The predicted octanol–water partition coefficient (Wildman–Crippen LogP) is 2.98. The molecule has 34 heavy (non-hydrogen) atoms. The zero-order valence-electron chi connectivity index (χ0n) is 18.9. The Labute approximate surface area is 207 Å². The number of aromatic nitrogens is 2. The van der Waals surface area contributed by atoms with Gasteiger partial charge in [0.2, 0.25) is 5.91 Å². The van der Waals surface area contributed by atoms with Gasteiger partial charge in [0.05, 0.1) is 21.3 Å². The number of nitrogens with zero attached hydrogens (tertiary/aromatic N) is 3. The molecule has 1 saturated carbocycles. The van der Waals surface area contributed by atoms with E-state index in [9.17, 15) is 14.4 Å². The summed E-state index contributed by atoms with van der Waals surface area (Å²) in [6.45, 7) is 2.16. The highest BCUT2D eigenvalue weighted by Gasteiger charge is 2.53. The zero-order valence-corrected chi connectivity index (χ0v) is 20.5. The van der Waals surface area contributed by atoms with E-state index < -0.39 is 23.6 Å².